The Morgan fingerprint density at radius 3 is 2.54 bits per heavy atom. The summed E-state index contributed by atoms with van der Waals surface area (Å²) in [7, 11) is 0. The zero-order chi connectivity index (χ0) is 18.5. The number of aromatic nitrogens is 1. The first kappa shape index (κ1) is 18.5. The third-order valence-electron chi connectivity index (χ3n) is 4.34. The number of hydrogen-bond acceptors (Lipinski definition) is 3. The fourth-order valence-corrected chi connectivity index (χ4v) is 3.83. The number of carbonyl (C=O) groups is 1. The molecule has 0 bridgehead atoms. The van der Waals surface area contributed by atoms with Crippen LogP contribution in [0.5, 0.6) is 0 Å². The summed E-state index contributed by atoms with van der Waals surface area (Å²) in [6, 6.07) is 20.1. The van der Waals surface area contributed by atoms with Crippen molar-refractivity contribution in [3.63, 3.8) is 0 Å². The average Bonchev–Trinajstić information content (AvgIpc) is 2.66. The molecule has 2 aromatic carbocycles. The molecule has 1 aromatic heterocycles. The molecule has 3 rings (SSSR count). The quantitative estimate of drug-likeness (QED) is 0.556. The fourth-order valence-electron chi connectivity index (χ4n) is 2.91. The van der Waals surface area contributed by atoms with Crippen molar-refractivity contribution < 1.29 is 4.79 Å². The van der Waals surface area contributed by atoms with Crippen molar-refractivity contribution in [3.05, 3.63) is 66.2 Å². The molecule has 1 heterocycles. The van der Waals surface area contributed by atoms with E-state index in [2.05, 4.69) is 36.3 Å². The zero-order valence-corrected chi connectivity index (χ0v) is 16.2. The van der Waals surface area contributed by atoms with Crippen LogP contribution < -0.4 is 5.32 Å². The molecular formula is C22H24N2OS. The lowest BCUT2D eigenvalue weighted by Gasteiger charge is -2.18. The minimum absolute atomic E-state index is 0.0283. The molecule has 1 atom stereocenters. The van der Waals surface area contributed by atoms with Gasteiger partial charge >= 0.3 is 0 Å². The monoisotopic (exact) mass is 364 g/mol. The van der Waals surface area contributed by atoms with E-state index in [1.807, 2.05) is 55.5 Å². The van der Waals surface area contributed by atoms with Gasteiger partial charge in [-0.15, -0.1) is 0 Å². The molecule has 1 amide bonds. The smallest absolute Gasteiger partial charge is 0.237 e. The zero-order valence-electron chi connectivity index (χ0n) is 15.4. The molecule has 0 saturated heterocycles. The van der Waals surface area contributed by atoms with Crippen LogP contribution in [0.3, 0.4) is 0 Å². The van der Waals surface area contributed by atoms with Crippen LogP contribution >= 0.6 is 11.8 Å². The summed E-state index contributed by atoms with van der Waals surface area (Å²) in [5.74, 6) is 0.391. The Kier molecular flexibility index (Phi) is 5.94. The van der Waals surface area contributed by atoms with E-state index in [1.165, 1.54) is 11.8 Å². The number of pyridine rings is 1. The van der Waals surface area contributed by atoms with Gasteiger partial charge in [-0.3, -0.25) is 4.79 Å². The van der Waals surface area contributed by atoms with Gasteiger partial charge in [0.2, 0.25) is 5.91 Å². The minimum Gasteiger partial charge on any atom is -0.325 e. The van der Waals surface area contributed by atoms with Gasteiger partial charge in [0.1, 0.15) is 0 Å². The molecular weight excluding hydrogens is 340 g/mol. The Bertz CT molecular complexity index is 907. The van der Waals surface area contributed by atoms with Crippen LogP contribution in [0.15, 0.2) is 65.7 Å². The summed E-state index contributed by atoms with van der Waals surface area (Å²) in [5, 5.41) is 4.92. The third-order valence-corrected chi connectivity index (χ3v) is 5.64. The highest BCUT2D eigenvalue weighted by Crippen LogP contribution is 2.29. The second-order valence-electron chi connectivity index (χ2n) is 6.59. The summed E-state index contributed by atoms with van der Waals surface area (Å²) in [6.45, 7) is 6.30. The second kappa shape index (κ2) is 8.37. The topological polar surface area (TPSA) is 42.0 Å². The Balaban J connectivity index is 1.76. The van der Waals surface area contributed by atoms with Crippen LogP contribution in [0.25, 0.3) is 10.9 Å². The van der Waals surface area contributed by atoms with Gasteiger partial charge in [-0.05, 0) is 36.1 Å². The van der Waals surface area contributed by atoms with Gasteiger partial charge in [0.05, 0.1) is 15.8 Å². The standard InChI is InChI=1S/C22H24N2OS/c1-4-20(22(25)24-19-12-8-6-10-17(19)15(2)3)26-21-14-13-16-9-5-7-11-18(16)23-21/h5-15,20H,4H2,1-3H3,(H,24,25). The highest BCUT2D eigenvalue weighted by Gasteiger charge is 2.20. The van der Waals surface area contributed by atoms with Crippen molar-refractivity contribution in [1.29, 1.82) is 0 Å². The highest BCUT2D eigenvalue weighted by molar-refractivity contribution is 8.00. The molecule has 4 heteroatoms. The number of benzene rings is 2. The first-order valence-electron chi connectivity index (χ1n) is 9.00. The molecule has 134 valence electrons. The van der Waals surface area contributed by atoms with Crippen molar-refractivity contribution in [2.24, 2.45) is 0 Å². The summed E-state index contributed by atoms with van der Waals surface area (Å²) < 4.78 is 0. The van der Waals surface area contributed by atoms with Gasteiger partial charge in [0.15, 0.2) is 0 Å². The SMILES string of the molecule is CCC(Sc1ccc2ccccc2n1)C(=O)Nc1ccccc1C(C)C. The Morgan fingerprint density at radius 1 is 1.04 bits per heavy atom. The van der Waals surface area contributed by atoms with Crippen LogP contribution in [-0.2, 0) is 4.79 Å². The molecule has 0 aliphatic rings. The molecule has 3 aromatic rings. The van der Waals surface area contributed by atoms with E-state index in [0.717, 1.165) is 33.6 Å². The van der Waals surface area contributed by atoms with Gasteiger partial charge in [0, 0.05) is 11.1 Å². The minimum atomic E-state index is -0.177. The van der Waals surface area contributed by atoms with Gasteiger partial charge in [-0.25, -0.2) is 4.98 Å². The van der Waals surface area contributed by atoms with Crippen molar-refractivity contribution in [2.45, 2.75) is 43.4 Å². The van der Waals surface area contributed by atoms with Crippen LogP contribution in [0.2, 0.25) is 0 Å². The van der Waals surface area contributed by atoms with E-state index < -0.39 is 0 Å². The van der Waals surface area contributed by atoms with Crippen molar-refractivity contribution >= 4 is 34.3 Å². The number of anilines is 1. The normalized spacial score (nSPS) is 12.3. The maximum absolute atomic E-state index is 12.8. The molecule has 26 heavy (non-hydrogen) atoms. The van der Waals surface area contributed by atoms with Crippen LogP contribution in [0, 0.1) is 0 Å². The van der Waals surface area contributed by atoms with E-state index in [4.69, 9.17) is 0 Å². The summed E-state index contributed by atoms with van der Waals surface area (Å²) in [6.07, 6.45) is 0.745. The fraction of sp³-hybridized carbons (Fsp3) is 0.273. The van der Waals surface area contributed by atoms with Crippen molar-refractivity contribution in [3.8, 4) is 0 Å². The van der Waals surface area contributed by atoms with E-state index in [9.17, 15) is 4.79 Å². The number of para-hydroxylation sites is 2. The third kappa shape index (κ3) is 4.25. The Labute approximate surface area is 159 Å². The number of thioether (sulfide) groups is 1. The molecule has 0 radical (unpaired) electrons. The largest absolute Gasteiger partial charge is 0.325 e. The lowest BCUT2D eigenvalue weighted by atomic mass is 10.0. The van der Waals surface area contributed by atoms with Crippen molar-refractivity contribution in [1.82, 2.24) is 4.98 Å². The molecule has 0 aliphatic heterocycles. The lowest BCUT2D eigenvalue weighted by molar-refractivity contribution is -0.115. The number of hydrogen-bond donors (Lipinski definition) is 1. The molecule has 1 N–H and O–H groups in total. The van der Waals surface area contributed by atoms with Crippen LogP contribution in [-0.4, -0.2) is 16.1 Å². The van der Waals surface area contributed by atoms with Gasteiger partial charge in [-0.1, -0.05) is 75.0 Å². The number of nitrogens with zero attached hydrogens (tertiary/aromatic N) is 1. The molecule has 0 aliphatic carbocycles. The molecule has 0 saturated carbocycles. The Hall–Kier alpha value is -2.33. The van der Waals surface area contributed by atoms with E-state index in [1.54, 1.807) is 0 Å². The van der Waals surface area contributed by atoms with E-state index in [-0.39, 0.29) is 11.2 Å². The molecule has 1 unspecified atom stereocenters. The van der Waals surface area contributed by atoms with Crippen molar-refractivity contribution in [2.75, 3.05) is 5.32 Å². The number of amides is 1. The lowest BCUT2D eigenvalue weighted by Crippen LogP contribution is -2.25. The highest BCUT2D eigenvalue weighted by atomic mass is 32.2. The summed E-state index contributed by atoms with van der Waals surface area (Å²) in [5.41, 5.74) is 3.01. The first-order chi connectivity index (χ1) is 12.6. The number of carbonyl (C=O) groups excluding carboxylic acids is 1. The van der Waals surface area contributed by atoms with Crippen LogP contribution in [0.4, 0.5) is 5.69 Å². The number of rotatable bonds is 6. The maximum atomic E-state index is 12.8. The summed E-state index contributed by atoms with van der Waals surface area (Å²) in [4.78, 5) is 17.5. The van der Waals surface area contributed by atoms with E-state index >= 15 is 0 Å². The second-order valence-corrected chi connectivity index (χ2v) is 7.81. The Morgan fingerprint density at radius 2 is 1.77 bits per heavy atom. The average molecular weight is 365 g/mol. The van der Waals surface area contributed by atoms with Gasteiger partial charge in [-0.2, -0.15) is 0 Å². The maximum Gasteiger partial charge on any atom is 0.237 e. The van der Waals surface area contributed by atoms with Crippen LogP contribution in [0.1, 0.15) is 38.7 Å². The number of fused-ring (bicyclic) bond motifs is 1. The first-order valence-corrected chi connectivity index (χ1v) is 9.88. The predicted octanol–water partition coefficient (Wildman–Crippen LogP) is 5.87. The number of nitrogens with one attached hydrogen (secondary N) is 1. The van der Waals surface area contributed by atoms with E-state index in [0.29, 0.717) is 5.92 Å². The molecule has 0 fully saturated rings. The molecule has 3 nitrogen and oxygen atoms in total. The predicted molar refractivity (Wildman–Crippen MR) is 111 cm³/mol. The van der Waals surface area contributed by atoms with Gasteiger partial charge in [0.25, 0.3) is 0 Å². The summed E-state index contributed by atoms with van der Waals surface area (Å²) >= 11 is 1.52. The van der Waals surface area contributed by atoms with Gasteiger partial charge < -0.3 is 5.32 Å². The molecule has 0 spiro atoms.